The third-order valence-electron chi connectivity index (χ3n) is 4.58. The molecule has 0 saturated heterocycles. The Morgan fingerprint density at radius 3 is 2.33 bits per heavy atom. The number of carboxylic acid groups (broad SMARTS) is 1. The molecule has 0 aromatic heterocycles. The van der Waals surface area contributed by atoms with Gasteiger partial charge in [-0.05, 0) is 42.5 Å². The number of hydrogen-bond donors (Lipinski definition) is 3. The second kappa shape index (κ2) is 9.53. The number of nitrogens with one attached hydrogen (secondary N) is 2. The summed E-state index contributed by atoms with van der Waals surface area (Å²) in [4.78, 5) is 35.8. The predicted molar refractivity (Wildman–Crippen MR) is 99.1 cm³/mol. The van der Waals surface area contributed by atoms with E-state index >= 15 is 0 Å². The maximum atomic E-state index is 12.7. The minimum atomic E-state index is -1.07. The van der Waals surface area contributed by atoms with Crippen LogP contribution >= 0.6 is 0 Å². The fourth-order valence-electron chi connectivity index (χ4n) is 3.24. The summed E-state index contributed by atoms with van der Waals surface area (Å²) < 4.78 is 0. The van der Waals surface area contributed by atoms with Crippen LogP contribution in [0, 0.1) is 17.2 Å². The Balaban J connectivity index is 2.21. The number of carbonyl (C=O) groups is 3. The van der Waals surface area contributed by atoms with Crippen molar-refractivity contribution in [3.63, 3.8) is 0 Å². The summed E-state index contributed by atoms with van der Waals surface area (Å²) >= 11 is 0. The maximum Gasteiger partial charge on any atom is 0.326 e. The third kappa shape index (κ3) is 5.96. The highest BCUT2D eigenvalue weighted by atomic mass is 16.4. The van der Waals surface area contributed by atoms with Gasteiger partial charge in [0.15, 0.2) is 0 Å². The van der Waals surface area contributed by atoms with E-state index in [9.17, 15) is 19.5 Å². The average molecular weight is 369 g/mol. The molecule has 7 nitrogen and oxygen atoms in total. The SMILES string of the molecule is CC(=O)N/C(=C\c1ccc(C#N)cc1)C(=O)NC(C(=O)O)C1CCCCC1. The average Bonchev–Trinajstić information content (AvgIpc) is 2.66. The molecule has 1 aliphatic rings. The van der Waals surface area contributed by atoms with Crippen LogP contribution in [0.5, 0.6) is 0 Å². The second-order valence-corrected chi connectivity index (χ2v) is 6.66. The Hall–Kier alpha value is -3.14. The number of nitriles is 1. The van der Waals surface area contributed by atoms with E-state index in [1.807, 2.05) is 6.07 Å². The van der Waals surface area contributed by atoms with E-state index in [2.05, 4.69) is 10.6 Å². The molecule has 0 radical (unpaired) electrons. The van der Waals surface area contributed by atoms with Gasteiger partial charge in [0.05, 0.1) is 11.6 Å². The fourth-order valence-corrected chi connectivity index (χ4v) is 3.24. The maximum absolute atomic E-state index is 12.7. The Bertz CT molecular complexity index is 771. The van der Waals surface area contributed by atoms with Gasteiger partial charge in [-0.15, -0.1) is 0 Å². The van der Waals surface area contributed by atoms with Gasteiger partial charge < -0.3 is 15.7 Å². The van der Waals surface area contributed by atoms with E-state index in [-0.39, 0.29) is 11.6 Å². The summed E-state index contributed by atoms with van der Waals surface area (Å²) in [6.07, 6.45) is 5.94. The zero-order chi connectivity index (χ0) is 19.8. The van der Waals surface area contributed by atoms with Gasteiger partial charge in [0.2, 0.25) is 5.91 Å². The van der Waals surface area contributed by atoms with Crippen LogP contribution in [0.25, 0.3) is 6.08 Å². The monoisotopic (exact) mass is 369 g/mol. The standard InChI is InChI=1S/C20H23N3O4/c1-13(24)22-17(11-14-7-9-15(12-21)10-8-14)19(25)23-18(20(26)27)16-5-3-2-4-6-16/h7-11,16,18H,2-6H2,1H3,(H,22,24)(H,23,25)(H,26,27)/b17-11-. The van der Waals surface area contributed by atoms with Gasteiger partial charge in [0.1, 0.15) is 11.7 Å². The Labute approximate surface area is 158 Å². The van der Waals surface area contributed by atoms with Crippen molar-refractivity contribution in [1.82, 2.24) is 10.6 Å². The van der Waals surface area contributed by atoms with Gasteiger partial charge in [-0.3, -0.25) is 9.59 Å². The number of carbonyl (C=O) groups excluding carboxylic acids is 2. The first-order chi connectivity index (χ1) is 12.9. The Morgan fingerprint density at radius 2 is 1.81 bits per heavy atom. The summed E-state index contributed by atoms with van der Waals surface area (Å²) in [5, 5.41) is 23.4. The minimum absolute atomic E-state index is 0.0331. The second-order valence-electron chi connectivity index (χ2n) is 6.66. The number of carboxylic acids is 1. The lowest BCUT2D eigenvalue weighted by atomic mass is 9.84. The summed E-state index contributed by atoms with van der Waals surface area (Å²) in [6, 6.07) is 7.49. The van der Waals surface area contributed by atoms with Crippen LogP contribution in [0.4, 0.5) is 0 Å². The number of rotatable bonds is 6. The predicted octanol–water partition coefficient (Wildman–Crippen LogP) is 2.18. The van der Waals surface area contributed by atoms with Gasteiger partial charge >= 0.3 is 5.97 Å². The first-order valence-electron chi connectivity index (χ1n) is 8.94. The molecule has 2 amide bonds. The van der Waals surface area contributed by atoms with Gasteiger partial charge in [-0.1, -0.05) is 31.4 Å². The normalized spacial score (nSPS) is 16.1. The molecule has 1 aromatic carbocycles. The first-order valence-corrected chi connectivity index (χ1v) is 8.94. The van der Waals surface area contributed by atoms with Crippen LogP contribution < -0.4 is 10.6 Å². The van der Waals surface area contributed by atoms with Crippen molar-refractivity contribution in [2.24, 2.45) is 5.92 Å². The lowest BCUT2D eigenvalue weighted by Crippen LogP contribution is -2.48. The van der Waals surface area contributed by atoms with E-state index in [1.165, 1.54) is 13.0 Å². The van der Waals surface area contributed by atoms with Crippen LogP contribution in [0.1, 0.15) is 50.2 Å². The molecule has 0 bridgehead atoms. The molecule has 0 heterocycles. The molecule has 27 heavy (non-hydrogen) atoms. The number of benzene rings is 1. The number of amides is 2. The largest absolute Gasteiger partial charge is 0.480 e. The Morgan fingerprint density at radius 1 is 1.19 bits per heavy atom. The van der Waals surface area contributed by atoms with Crippen molar-refractivity contribution in [3.8, 4) is 6.07 Å². The zero-order valence-electron chi connectivity index (χ0n) is 15.2. The first kappa shape index (κ1) is 20.2. The van der Waals surface area contributed by atoms with E-state index in [1.54, 1.807) is 24.3 Å². The highest BCUT2D eigenvalue weighted by Gasteiger charge is 2.31. The fraction of sp³-hybridized carbons (Fsp3) is 0.400. The van der Waals surface area contributed by atoms with Crippen molar-refractivity contribution in [2.45, 2.75) is 45.1 Å². The summed E-state index contributed by atoms with van der Waals surface area (Å²) in [6.45, 7) is 1.27. The zero-order valence-corrected chi connectivity index (χ0v) is 15.2. The molecule has 1 fully saturated rings. The van der Waals surface area contributed by atoms with E-state index in [4.69, 9.17) is 5.26 Å². The highest BCUT2D eigenvalue weighted by molar-refractivity contribution is 6.02. The molecule has 1 unspecified atom stereocenters. The van der Waals surface area contributed by atoms with E-state index in [0.717, 1.165) is 32.1 Å². The number of nitrogens with zero attached hydrogens (tertiary/aromatic N) is 1. The molecule has 1 aliphatic carbocycles. The Kier molecular flexibility index (Phi) is 7.12. The molecule has 142 valence electrons. The van der Waals surface area contributed by atoms with Crippen molar-refractivity contribution in [3.05, 3.63) is 41.1 Å². The van der Waals surface area contributed by atoms with E-state index in [0.29, 0.717) is 11.1 Å². The third-order valence-corrected chi connectivity index (χ3v) is 4.58. The molecular formula is C20H23N3O4. The molecule has 1 aromatic rings. The van der Waals surface area contributed by atoms with Crippen molar-refractivity contribution in [2.75, 3.05) is 0 Å². The van der Waals surface area contributed by atoms with Gasteiger partial charge in [-0.25, -0.2) is 4.79 Å². The van der Waals surface area contributed by atoms with Gasteiger partial charge in [0.25, 0.3) is 5.91 Å². The van der Waals surface area contributed by atoms with Crippen LogP contribution in [0.3, 0.4) is 0 Å². The van der Waals surface area contributed by atoms with E-state index < -0.39 is 23.8 Å². The summed E-state index contributed by atoms with van der Waals surface area (Å²) in [5.41, 5.74) is 1.05. The van der Waals surface area contributed by atoms with Crippen LogP contribution in [0.15, 0.2) is 30.0 Å². The highest BCUT2D eigenvalue weighted by Crippen LogP contribution is 2.26. The topological polar surface area (TPSA) is 119 Å². The minimum Gasteiger partial charge on any atom is -0.480 e. The lowest BCUT2D eigenvalue weighted by molar-refractivity contribution is -0.143. The number of hydrogen-bond acceptors (Lipinski definition) is 4. The molecule has 1 atom stereocenters. The molecule has 0 aliphatic heterocycles. The number of aliphatic carboxylic acids is 1. The van der Waals surface area contributed by atoms with Crippen LogP contribution in [0.2, 0.25) is 0 Å². The molecule has 3 N–H and O–H groups in total. The van der Waals surface area contributed by atoms with Gasteiger partial charge in [-0.2, -0.15) is 5.26 Å². The van der Waals surface area contributed by atoms with Crippen molar-refractivity contribution in [1.29, 1.82) is 5.26 Å². The van der Waals surface area contributed by atoms with Crippen LogP contribution in [-0.4, -0.2) is 28.9 Å². The summed E-state index contributed by atoms with van der Waals surface area (Å²) in [5.74, 6) is -2.27. The molecule has 0 spiro atoms. The smallest absolute Gasteiger partial charge is 0.326 e. The summed E-state index contributed by atoms with van der Waals surface area (Å²) in [7, 11) is 0. The van der Waals surface area contributed by atoms with Crippen molar-refractivity contribution < 1.29 is 19.5 Å². The molecular weight excluding hydrogens is 346 g/mol. The van der Waals surface area contributed by atoms with Crippen LogP contribution in [-0.2, 0) is 14.4 Å². The lowest BCUT2D eigenvalue weighted by Gasteiger charge is -2.28. The van der Waals surface area contributed by atoms with Gasteiger partial charge in [0, 0.05) is 6.92 Å². The molecule has 1 saturated carbocycles. The van der Waals surface area contributed by atoms with Crippen molar-refractivity contribution >= 4 is 23.9 Å². The quantitative estimate of drug-likeness (QED) is 0.664. The molecule has 2 rings (SSSR count). The molecule has 7 heteroatoms.